The summed E-state index contributed by atoms with van der Waals surface area (Å²) in [5, 5.41) is 0.717. The first kappa shape index (κ1) is 16.8. The lowest BCUT2D eigenvalue weighted by molar-refractivity contribution is 0.540. The van der Waals surface area contributed by atoms with E-state index in [1.807, 2.05) is 0 Å². The molecule has 0 aromatic heterocycles. The molecule has 2 aromatic carbocycles. The highest BCUT2D eigenvalue weighted by molar-refractivity contribution is 9.10. The Balaban J connectivity index is 2.23. The van der Waals surface area contributed by atoms with E-state index in [9.17, 15) is 21.6 Å². The van der Waals surface area contributed by atoms with Crippen LogP contribution in [0.5, 0.6) is 0 Å². The summed E-state index contributed by atoms with van der Waals surface area (Å²) < 4.78 is 64.3. The van der Waals surface area contributed by atoms with Crippen molar-refractivity contribution in [1.82, 2.24) is 0 Å². The van der Waals surface area contributed by atoms with Crippen LogP contribution in [-0.2, 0) is 15.6 Å². The summed E-state index contributed by atoms with van der Waals surface area (Å²) >= 11 is 3.23. The minimum absolute atomic E-state index is 0.304. The lowest BCUT2D eigenvalue weighted by Crippen LogP contribution is -2.00. The lowest BCUT2D eigenvalue weighted by Gasteiger charge is -2.02. The summed E-state index contributed by atoms with van der Waals surface area (Å²) in [7, 11) is -3.71. The standard InChI is InChI=1S/C15H10BrF3O2S/c16-11-3-1-10(2-4-11)9-22(20,21)6-5-13-14(18)7-12(17)8-15(13)19/h1-8H,9H2/b6-5+. The molecule has 0 aliphatic rings. The van der Waals surface area contributed by atoms with Gasteiger partial charge in [-0.2, -0.15) is 0 Å². The van der Waals surface area contributed by atoms with Crippen molar-refractivity contribution in [3.8, 4) is 0 Å². The van der Waals surface area contributed by atoms with E-state index in [4.69, 9.17) is 0 Å². The quantitative estimate of drug-likeness (QED) is 0.772. The van der Waals surface area contributed by atoms with Crippen LogP contribution >= 0.6 is 15.9 Å². The number of rotatable bonds is 4. The van der Waals surface area contributed by atoms with Gasteiger partial charge in [-0.1, -0.05) is 28.1 Å². The first-order valence-electron chi connectivity index (χ1n) is 6.07. The zero-order chi connectivity index (χ0) is 16.3. The van der Waals surface area contributed by atoms with Crippen LogP contribution in [0.1, 0.15) is 11.1 Å². The molecule has 0 spiro atoms. The number of hydrogen-bond acceptors (Lipinski definition) is 2. The molecular formula is C15H10BrF3O2S. The molecular weight excluding hydrogens is 381 g/mol. The second-order valence-electron chi connectivity index (χ2n) is 4.52. The van der Waals surface area contributed by atoms with E-state index < -0.39 is 32.9 Å². The molecule has 0 amide bonds. The molecule has 116 valence electrons. The van der Waals surface area contributed by atoms with E-state index in [-0.39, 0.29) is 5.75 Å². The lowest BCUT2D eigenvalue weighted by atomic mass is 10.2. The van der Waals surface area contributed by atoms with Gasteiger partial charge >= 0.3 is 0 Å². The summed E-state index contributed by atoms with van der Waals surface area (Å²) in [5.41, 5.74) is -0.0614. The Morgan fingerprint density at radius 1 is 1.00 bits per heavy atom. The third kappa shape index (κ3) is 4.45. The molecule has 0 saturated carbocycles. The summed E-state index contributed by atoms with van der Waals surface area (Å²) in [6.45, 7) is 0. The molecule has 0 saturated heterocycles. The summed E-state index contributed by atoms with van der Waals surface area (Å²) in [6.07, 6.45) is 0.790. The predicted octanol–water partition coefficient (Wildman–Crippen LogP) is 4.45. The van der Waals surface area contributed by atoms with E-state index in [1.54, 1.807) is 24.3 Å². The molecule has 0 heterocycles. The largest absolute Gasteiger partial charge is 0.224 e. The third-order valence-corrected chi connectivity index (χ3v) is 4.58. The van der Waals surface area contributed by atoms with Gasteiger partial charge in [0.2, 0.25) is 0 Å². The Labute approximate surface area is 134 Å². The Morgan fingerprint density at radius 3 is 2.09 bits per heavy atom. The average Bonchev–Trinajstić information content (AvgIpc) is 2.40. The Hall–Kier alpha value is -1.60. The first-order chi connectivity index (χ1) is 10.3. The molecule has 2 nitrogen and oxygen atoms in total. The molecule has 0 N–H and O–H groups in total. The van der Waals surface area contributed by atoms with Gasteiger partial charge in [-0.3, -0.25) is 0 Å². The molecule has 0 aliphatic carbocycles. The Kier molecular flexibility index (Phi) is 5.08. The number of benzene rings is 2. The van der Waals surface area contributed by atoms with Crippen molar-refractivity contribution in [2.45, 2.75) is 5.75 Å². The van der Waals surface area contributed by atoms with Crippen LogP contribution in [0.2, 0.25) is 0 Å². The average molecular weight is 391 g/mol. The minimum atomic E-state index is -3.71. The number of halogens is 4. The molecule has 22 heavy (non-hydrogen) atoms. The van der Waals surface area contributed by atoms with E-state index in [1.165, 1.54) is 0 Å². The molecule has 0 atom stereocenters. The SMILES string of the molecule is O=S(=O)(/C=C/c1c(F)cc(F)cc1F)Cc1ccc(Br)cc1. The summed E-state index contributed by atoms with van der Waals surface area (Å²) in [5.74, 6) is -3.69. The molecule has 0 unspecified atom stereocenters. The third-order valence-electron chi connectivity index (χ3n) is 2.77. The molecule has 0 bridgehead atoms. The van der Waals surface area contributed by atoms with Crippen molar-refractivity contribution in [2.75, 3.05) is 0 Å². The first-order valence-corrected chi connectivity index (χ1v) is 8.57. The topological polar surface area (TPSA) is 34.1 Å². The van der Waals surface area contributed by atoms with Crippen LogP contribution in [0.3, 0.4) is 0 Å². The second kappa shape index (κ2) is 6.66. The van der Waals surface area contributed by atoms with E-state index in [2.05, 4.69) is 15.9 Å². The molecule has 7 heteroatoms. The fourth-order valence-corrected chi connectivity index (χ4v) is 3.11. The van der Waals surface area contributed by atoms with Crippen molar-refractivity contribution in [2.24, 2.45) is 0 Å². The van der Waals surface area contributed by atoms with E-state index in [0.29, 0.717) is 23.1 Å². The fraction of sp³-hybridized carbons (Fsp3) is 0.0667. The van der Waals surface area contributed by atoms with Crippen molar-refractivity contribution >= 4 is 31.8 Å². The van der Waals surface area contributed by atoms with Crippen molar-refractivity contribution in [3.05, 3.63) is 74.9 Å². The molecule has 0 aliphatic heterocycles. The van der Waals surface area contributed by atoms with Gasteiger partial charge in [-0.15, -0.1) is 0 Å². The van der Waals surface area contributed by atoms with Gasteiger partial charge in [-0.25, -0.2) is 21.6 Å². The van der Waals surface area contributed by atoms with Crippen molar-refractivity contribution in [1.29, 1.82) is 0 Å². The van der Waals surface area contributed by atoms with Crippen LogP contribution in [0, 0.1) is 17.5 Å². The van der Waals surface area contributed by atoms with Crippen LogP contribution in [0.4, 0.5) is 13.2 Å². The monoisotopic (exact) mass is 390 g/mol. The summed E-state index contributed by atoms with van der Waals surface area (Å²) in [4.78, 5) is 0. The number of hydrogen-bond donors (Lipinski definition) is 0. The van der Waals surface area contributed by atoms with Gasteiger partial charge in [0.25, 0.3) is 0 Å². The Bertz CT molecular complexity index is 792. The predicted molar refractivity (Wildman–Crippen MR) is 82.1 cm³/mol. The smallest absolute Gasteiger partial charge is 0.175 e. The van der Waals surface area contributed by atoms with Crippen LogP contribution in [0.15, 0.2) is 46.3 Å². The highest BCUT2D eigenvalue weighted by atomic mass is 79.9. The molecule has 0 radical (unpaired) electrons. The van der Waals surface area contributed by atoms with Gasteiger partial charge in [0.05, 0.1) is 5.75 Å². The highest BCUT2D eigenvalue weighted by Gasteiger charge is 2.12. The van der Waals surface area contributed by atoms with Crippen LogP contribution < -0.4 is 0 Å². The van der Waals surface area contributed by atoms with Gasteiger partial charge < -0.3 is 0 Å². The van der Waals surface area contributed by atoms with Crippen molar-refractivity contribution < 1.29 is 21.6 Å². The Morgan fingerprint density at radius 2 is 1.55 bits per heavy atom. The van der Waals surface area contributed by atoms with Gasteiger partial charge in [-0.05, 0) is 23.8 Å². The van der Waals surface area contributed by atoms with Gasteiger partial charge in [0, 0.05) is 27.6 Å². The van der Waals surface area contributed by atoms with E-state index >= 15 is 0 Å². The van der Waals surface area contributed by atoms with Gasteiger partial charge in [0.1, 0.15) is 17.5 Å². The fourth-order valence-electron chi connectivity index (χ4n) is 1.75. The maximum absolute atomic E-state index is 13.4. The minimum Gasteiger partial charge on any atom is -0.224 e. The zero-order valence-electron chi connectivity index (χ0n) is 11.1. The molecule has 2 aromatic rings. The van der Waals surface area contributed by atoms with Crippen LogP contribution in [0.25, 0.3) is 6.08 Å². The maximum Gasteiger partial charge on any atom is 0.175 e. The van der Waals surface area contributed by atoms with E-state index in [0.717, 1.165) is 10.5 Å². The second-order valence-corrected chi connectivity index (χ2v) is 7.32. The van der Waals surface area contributed by atoms with Crippen molar-refractivity contribution in [3.63, 3.8) is 0 Å². The number of sulfone groups is 1. The zero-order valence-corrected chi connectivity index (χ0v) is 13.5. The van der Waals surface area contributed by atoms with Gasteiger partial charge in [0.15, 0.2) is 9.84 Å². The highest BCUT2D eigenvalue weighted by Crippen LogP contribution is 2.18. The molecule has 2 rings (SSSR count). The maximum atomic E-state index is 13.4. The summed E-state index contributed by atoms with van der Waals surface area (Å²) in [6, 6.07) is 7.60. The molecule has 0 fully saturated rings. The van der Waals surface area contributed by atoms with Crippen LogP contribution in [-0.4, -0.2) is 8.42 Å². The normalized spacial score (nSPS) is 12.0.